The van der Waals surface area contributed by atoms with E-state index in [-0.39, 0.29) is 11.5 Å². The van der Waals surface area contributed by atoms with E-state index in [1.165, 1.54) is 10.6 Å². The van der Waals surface area contributed by atoms with Crippen molar-refractivity contribution in [1.82, 2.24) is 14.5 Å². The van der Waals surface area contributed by atoms with Crippen molar-refractivity contribution in [2.75, 3.05) is 13.1 Å². The molecule has 0 radical (unpaired) electrons. The molecule has 0 saturated carbocycles. The summed E-state index contributed by atoms with van der Waals surface area (Å²) in [5.41, 5.74) is 1.42. The molecular formula is C23H23N3O3. The van der Waals surface area contributed by atoms with Gasteiger partial charge in [0, 0.05) is 50.1 Å². The van der Waals surface area contributed by atoms with Crippen molar-refractivity contribution < 1.29 is 9.53 Å². The minimum atomic E-state index is -0.121. The third-order valence-corrected chi connectivity index (χ3v) is 5.24. The molecule has 0 spiro atoms. The third-order valence-electron chi connectivity index (χ3n) is 5.24. The van der Waals surface area contributed by atoms with Gasteiger partial charge in [0.1, 0.15) is 5.75 Å². The molecule has 0 bridgehead atoms. The maximum atomic E-state index is 12.7. The van der Waals surface area contributed by atoms with Crippen molar-refractivity contribution in [2.45, 2.75) is 18.8 Å². The van der Waals surface area contributed by atoms with E-state index in [0.29, 0.717) is 30.5 Å². The Kier molecular flexibility index (Phi) is 5.42. The summed E-state index contributed by atoms with van der Waals surface area (Å²) < 4.78 is 7.28. The molecule has 0 unspecified atom stereocenters. The number of pyridine rings is 2. The molecule has 0 atom stereocenters. The second-order valence-electron chi connectivity index (χ2n) is 7.25. The van der Waals surface area contributed by atoms with Gasteiger partial charge in [0.2, 0.25) is 11.4 Å². The topological polar surface area (TPSA) is 64.4 Å². The van der Waals surface area contributed by atoms with E-state index < -0.39 is 0 Å². The molecule has 1 aliphatic heterocycles. The van der Waals surface area contributed by atoms with E-state index >= 15 is 0 Å². The molecule has 2 aromatic heterocycles. The van der Waals surface area contributed by atoms with Gasteiger partial charge >= 0.3 is 0 Å². The van der Waals surface area contributed by atoms with E-state index in [0.717, 1.165) is 24.3 Å². The average Bonchev–Trinajstić information content (AvgIpc) is 2.76. The smallest absolute Gasteiger partial charge is 0.255 e. The lowest BCUT2D eigenvalue weighted by atomic mass is 9.92. The Morgan fingerprint density at radius 1 is 1.00 bits per heavy atom. The van der Waals surface area contributed by atoms with Crippen molar-refractivity contribution in [1.29, 1.82) is 0 Å². The summed E-state index contributed by atoms with van der Waals surface area (Å²) >= 11 is 0. The van der Waals surface area contributed by atoms with Crippen LogP contribution in [0, 0.1) is 0 Å². The zero-order chi connectivity index (χ0) is 20.2. The molecule has 148 valence electrons. The highest BCUT2D eigenvalue weighted by molar-refractivity contribution is 5.94. The highest BCUT2D eigenvalue weighted by atomic mass is 16.5. The van der Waals surface area contributed by atoms with Gasteiger partial charge < -0.3 is 14.2 Å². The van der Waals surface area contributed by atoms with Crippen LogP contribution in [-0.4, -0.2) is 33.4 Å². The van der Waals surface area contributed by atoms with Gasteiger partial charge in [-0.15, -0.1) is 0 Å². The minimum Gasteiger partial charge on any atom is -0.439 e. The molecule has 1 amide bonds. The number of rotatable bonds is 4. The first-order chi connectivity index (χ1) is 14.1. The lowest BCUT2D eigenvalue weighted by Crippen LogP contribution is -2.38. The van der Waals surface area contributed by atoms with Crippen LogP contribution in [0.4, 0.5) is 0 Å². The quantitative estimate of drug-likeness (QED) is 0.684. The number of hydrogen-bond donors (Lipinski definition) is 0. The average molecular weight is 389 g/mol. The van der Waals surface area contributed by atoms with E-state index in [4.69, 9.17) is 4.74 Å². The fourth-order valence-electron chi connectivity index (χ4n) is 3.61. The Hall–Kier alpha value is -3.41. The molecule has 1 fully saturated rings. The number of aromatic nitrogens is 2. The number of para-hydroxylation sites is 1. The van der Waals surface area contributed by atoms with E-state index in [1.807, 2.05) is 53.4 Å². The van der Waals surface area contributed by atoms with Crippen LogP contribution in [0.2, 0.25) is 0 Å². The van der Waals surface area contributed by atoms with Crippen LogP contribution < -0.4 is 10.3 Å². The molecule has 0 aliphatic carbocycles. The Labute approximate surface area is 169 Å². The Morgan fingerprint density at radius 2 is 1.76 bits per heavy atom. The number of carbonyl (C=O) groups excluding carboxylic acids is 1. The summed E-state index contributed by atoms with van der Waals surface area (Å²) in [7, 11) is 1.65. The number of ether oxygens (including phenoxy) is 1. The van der Waals surface area contributed by atoms with Crippen LogP contribution in [0.1, 0.15) is 34.8 Å². The predicted octanol–water partition coefficient (Wildman–Crippen LogP) is 3.59. The normalized spacial score (nSPS) is 14.6. The SMILES string of the molecule is Cn1cc(C(=O)N2CCC(c3cccc(Oc4ccccc4)n3)CC2)ccc1=O. The Balaban J connectivity index is 1.40. The van der Waals surface area contributed by atoms with Crippen molar-refractivity contribution in [3.05, 3.63) is 88.5 Å². The highest BCUT2D eigenvalue weighted by Crippen LogP contribution is 2.29. The van der Waals surface area contributed by atoms with E-state index in [1.54, 1.807) is 19.3 Å². The van der Waals surface area contributed by atoms with E-state index in [2.05, 4.69) is 4.98 Å². The second kappa shape index (κ2) is 8.31. The number of likely N-dealkylation sites (tertiary alicyclic amines) is 1. The van der Waals surface area contributed by atoms with Gasteiger partial charge in [0.15, 0.2) is 0 Å². The van der Waals surface area contributed by atoms with Gasteiger partial charge in [-0.25, -0.2) is 4.98 Å². The number of amides is 1. The summed E-state index contributed by atoms with van der Waals surface area (Å²) in [6.45, 7) is 1.33. The number of nitrogens with zero attached hydrogens (tertiary/aromatic N) is 3. The van der Waals surface area contributed by atoms with Gasteiger partial charge in [0.05, 0.1) is 5.56 Å². The summed E-state index contributed by atoms with van der Waals surface area (Å²) in [5.74, 6) is 1.60. The molecule has 29 heavy (non-hydrogen) atoms. The number of benzene rings is 1. The van der Waals surface area contributed by atoms with Crippen molar-refractivity contribution >= 4 is 5.91 Å². The number of piperidine rings is 1. The standard InChI is InChI=1S/C23H23N3O3/c1-25-16-18(10-11-22(25)27)23(28)26-14-12-17(13-15-26)20-8-5-9-21(24-20)29-19-6-3-2-4-7-19/h2-11,16-17H,12-15H2,1H3. The van der Waals surface area contributed by atoms with Crippen LogP contribution in [0.25, 0.3) is 0 Å². The third kappa shape index (κ3) is 4.37. The summed E-state index contributed by atoms with van der Waals surface area (Å²) in [6, 6.07) is 18.5. The van der Waals surface area contributed by atoms with Crippen molar-refractivity contribution in [3.63, 3.8) is 0 Å². The molecule has 1 aromatic carbocycles. The van der Waals surface area contributed by atoms with Crippen LogP contribution in [0.15, 0.2) is 71.7 Å². The molecule has 0 N–H and O–H groups in total. The number of hydrogen-bond acceptors (Lipinski definition) is 4. The fraction of sp³-hybridized carbons (Fsp3) is 0.261. The van der Waals surface area contributed by atoms with Gasteiger partial charge in [-0.1, -0.05) is 24.3 Å². The minimum absolute atomic E-state index is 0.0341. The first kappa shape index (κ1) is 18.9. The predicted molar refractivity (Wildman–Crippen MR) is 110 cm³/mol. The van der Waals surface area contributed by atoms with Crippen LogP contribution in [0.5, 0.6) is 11.6 Å². The van der Waals surface area contributed by atoms with Gasteiger partial charge in [0.25, 0.3) is 5.91 Å². The first-order valence-electron chi connectivity index (χ1n) is 9.76. The van der Waals surface area contributed by atoms with Crippen molar-refractivity contribution in [2.24, 2.45) is 7.05 Å². The zero-order valence-electron chi connectivity index (χ0n) is 16.3. The summed E-state index contributed by atoms with van der Waals surface area (Å²) in [6.07, 6.45) is 3.29. The maximum absolute atomic E-state index is 12.7. The molecule has 6 nitrogen and oxygen atoms in total. The largest absolute Gasteiger partial charge is 0.439 e. The Bertz CT molecular complexity index is 1050. The zero-order valence-corrected chi connectivity index (χ0v) is 16.3. The summed E-state index contributed by atoms with van der Waals surface area (Å²) in [5, 5.41) is 0. The van der Waals surface area contributed by atoms with Crippen LogP contribution in [0.3, 0.4) is 0 Å². The Morgan fingerprint density at radius 3 is 2.48 bits per heavy atom. The van der Waals surface area contributed by atoms with Crippen LogP contribution >= 0.6 is 0 Å². The fourth-order valence-corrected chi connectivity index (χ4v) is 3.61. The van der Waals surface area contributed by atoms with Gasteiger partial charge in [-0.2, -0.15) is 0 Å². The number of carbonyl (C=O) groups is 1. The molecule has 1 aliphatic rings. The maximum Gasteiger partial charge on any atom is 0.255 e. The molecule has 3 aromatic rings. The van der Waals surface area contributed by atoms with E-state index in [9.17, 15) is 9.59 Å². The van der Waals surface area contributed by atoms with Gasteiger partial charge in [-0.05, 0) is 37.1 Å². The molecule has 3 heterocycles. The molecule has 6 heteroatoms. The monoisotopic (exact) mass is 389 g/mol. The van der Waals surface area contributed by atoms with Gasteiger partial charge in [-0.3, -0.25) is 9.59 Å². The molecule has 4 rings (SSSR count). The lowest BCUT2D eigenvalue weighted by molar-refractivity contribution is 0.0711. The van der Waals surface area contributed by atoms with Crippen molar-refractivity contribution in [3.8, 4) is 11.6 Å². The molecule has 1 saturated heterocycles. The lowest BCUT2D eigenvalue weighted by Gasteiger charge is -2.32. The van der Waals surface area contributed by atoms with Crippen LogP contribution in [-0.2, 0) is 7.05 Å². The summed E-state index contributed by atoms with van der Waals surface area (Å²) in [4.78, 5) is 30.8. The highest BCUT2D eigenvalue weighted by Gasteiger charge is 2.25. The first-order valence-corrected chi connectivity index (χ1v) is 9.76. The molecular weight excluding hydrogens is 366 g/mol. The second-order valence-corrected chi connectivity index (χ2v) is 7.25. The number of aryl methyl sites for hydroxylation is 1.